The normalized spacial score (nSPS) is 10.0. The van der Waals surface area contributed by atoms with Crippen LogP contribution in [-0.2, 0) is 23.9 Å². The van der Waals surface area contributed by atoms with E-state index in [-0.39, 0.29) is 48.4 Å². The smallest absolute Gasteiger partial charge is 0.274 e. The van der Waals surface area contributed by atoms with E-state index < -0.39 is 21.7 Å². The summed E-state index contributed by atoms with van der Waals surface area (Å²) >= 11 is 0. The summed E-state index contributed by atoms with van der Waals surface area (Å²) in [5, 5.41) is 0. The van der Waals surface area contributed by atoms with Gasteiger partial charge in [-0.25, -0.2) is 0 Å². The first-order chi connectivity index (χ1) is 6.91. The maximum Gasteiger partial charge on any atom is 0.274 e. The second-order valence-corrected chi connectivity index (χ2v) is 4.25. The average molecular weight is 255 g/mol. The fraction of sp³-hybridized carbons (Fsp3) is 0.333. The molecule has 0 aliphatic carbocycles. The van der Waals surface area contributed by atoms with E-state index in [9.17, 15) is 18.0 Å². The molecule has 0 unspecified atom stereocenters. The Balaban J connectivity index is 0. The molecular weight excluding hydrogens is 243 g/mol. The van der Waals surface area contributed by atoms with Crippen LogP contribution in [0.3, 0.4) is 0 Å². The molecule has 7 heteroatoms. The minimum atomic E-state index is -3.90. The molecule has 0 bridgehead atoms. The van der Waals surface area contributed by atoms with Crippen LogP contribution in [0.4, 0.5) is 0 Å². The van der Waals surface area contributed by atoms with Crippen LogP contribution in [-0.4, -0.2) is 61.9 Å². The first kappa shape index (κ1) is 18.1. The molecule has 1 radical (unpaired) electrons. The van der Waals surface area contributed by atoms with E-state index in [0.717, 1.165) is 12.2 Å². The SMILES string of the molecule is C=CC(=O)CCOS(=O)(=O)CC(=O)C=C.[Na]. The zero-order valence-corrected chi connectivity index (χ0v) is 12.0. The zero-order chi connectivity index (χ0) is 11.9. The largest absolute Gasteiger partial charge is 0.295 e. The zero-order valence-electron chi connectivity index (χ0n) is 9.14. The summed E-state index contributed by atoms with van der Waals surface area (Å²) in [5.74, 6) is -1.72. The number of hydrogen-bond donors (Lipinski definition) is 0. The molecule has 0 rings (SSSR count). The van der Waals surface area contributed by atoms with Crippen molar-refractivity contribution >= 4 is 51.2 Å². The molecule has 85 valence electrons. The summed E-state index contributed by atoms with van der Waals surface area (Å²) in [4.78, 5) is 21.4. The van der Waals surface area contributed by atoms with Gasteiger partial charge in [-0.15, -0.1) is 0 Å². The van der Waals surface area contributed by atoms with Gasteiger partial charge in [0.05, 0.1) is 6.61 Å². The second-order valence-electron chi connectivity index (χ2n) is 2.61. The van der Waals surface area contributed by atoms with Crippen molar-refractivity contribution in [1.82, 2.24) is 0 Å². The summed E-state index contributed by atoms with van der Waals surface area (Å²) in [7, 11) is -3.90. The molecule has 0 saturated heterocycles. The standard InChI is InChI=1S/C9H12O5S.Na/c1-3-8(10)5-6-14-15(12,13)7-9(11)4-2;/h3-4H,1-2,5-7H2;. The minimum Gasteiger partial charge on any atom is -0.295 e. The van der Waals surface area contributed by atoms with Crippen LogP contribution in [0.15, 0.2) is 25.3 Å². The Morgan fingerprint density at radius 2 is 1.62 bits per heavy atom. The molecule has 5 nitrogen and oxygen atoms in total. The van der Waals surface area contributed by atoms with Crippen LogP contribution >= 0.6 is 0 Å². The van der Waals surface area contributed by atoms with Crippen molar-refractivity contribution in [2.75, 3.05) is 12.4 Å². The van der Waals surface area contributed by atoms with Crippen molar-refractivity contribution in [1.29, 1.82) is 0 Å². The van der Waals surface area contributed by atoms with Crippen molar-refractivity contribution in [3.8, 4) is 0 Å². The molecule has 0 atom stereocenters. The van der Waals surface area contributed by atoms with E-state index in [4.69, 9.17) is 0 Å². The van der Waals surface area contributed by atoms with Crippen molar-refractivity contribution in [3.63, 3.8) is 0 Å². The van der Waals surface area contributed by atoms with Gasteiger partial charge in [0.1, 0.15) is 5.75 Å². The molecule has 0 aliphatic heterocycles. The van der Waals surface area contributed by atoms with Crippen LogP contribution in [0, 0.1) is 0 Å². The van der Waals surface area contributed by atoms with Crippen molar-refractivity contribution < 1.29 is 22.2 Å². The number of carbonyl (C=O) groups excluding carboxylic acids is 2. The molecule has 0 aliphatic rings. The third-order valence-electron chi connectivity index (χ3n) is 1.39. The van der Waals surface area contributed by atoms with Gasteiger partial charge >= 0.3 is 0 Å². The molecule has 0 aromatic heterocycles. The van der Waals surface area contributed by atoms with Crippen LogP contribution in [0.2, 0.25) is 0 Å². The van der Waals surface area contributed by atoms with E-state index in [2.05, 4.69) is 17.3 Å². The molecule has 0 N–H and O–H groups in total. The van der Waals surface area contributed by atoms with E-state index >= 15 is 0 Å². The molecule has 0 spiro atoms. The van der Waals surface area contributed by atoms with Crippen LogP contribution < -0.4 is 0 Å². The Labute approximate surface area is 117 Å². The molecule has 0 aromatic carbocycles. The number of carbonyl (C=O) groups is 2. The van der Waals surface area contributed by atoms with Gasteiger partial charge < -0.3 is 0 Å². The van der Waals surface area contributed by atoms with Crippen molar-refractivity contribution in [3.05, 3.63) is 25.3 Å². The summed E-state index contributed by atoms with van der Waals surface area (Å²) in [6.07, 6.45) is 1.89. The molecule has 0 aromatic rings. The predicted molar refractivity (Wildman–Crippen MR) is 60.5 cm³/mol. The topological polar surface area (TPSA) is 77.5 Å². The number of ketones is 2. The quantitative estimate of drug-likeness (QED) is 0.342. The molecular formula is C9H12NaO5S. The maximum absolute atomic E-state index is 11.0. The van der Waals surface area contributed by atoms with Gasteiger partial charge in [0.2, 0.25) is 0 Å². The second kappa shape index (κ2) is 8.83. The Morgan fingerprint density at radius 3 is 2.06 bits per heavy atom. The van der Waals surface area contributed by atoms with Gasteiger partial charge in [-0.05, 0) is 12.2 Å². The van der Waals surface area contributed by atoms with Gasteiger partial charge in [-0.2, -0.15) is 8.42 Å². The molecule has 0 amide bonds. The van der Waals surface area contributed by atoms with E-state index in [1.165, 1.54) is 0 Å². The average Bonchev–Trinajstić information content (AvgIpc) is 2.16. The fourth-order valence-corrected chi connectivity index (χ4v) is 1.53. The molecule has 16 heavy (non-hydrogen) atoms. The van der Waals surface area contributed by atoms with E-state index in [0.29, 0.717) is 0 Å². The Hall–Kier alpha value is -0.270. The summed E-state index contributed by atoms with van der Waals surface area (Å²) < 4.78 is 26.5. The number of hydrogen-bond acceptors (Lipinski definition) is 5. The Morgan fingerprint density at radius 1 is 1.12 bits per heavy atom. The fourth-order valence-electron chi connectivity index (χ4n) is 0.646. The van der Waals surface area contributed by atoms with Gasteiger partial charge in [0.25, 0.3) is 10.1 Å². The Bertz CT molecular complexity index is 371. The van der Waals surface area contributed by atoms with Crippen LogP contribution in [0.5, 0.6) is 0 Å². The van der Waals surface area contributed by atoms with Crippen LogP contribution in [0.25, 0.3) is 0 Å². The first-order valence-electron chi connectivity index (χ1n) is 4.09. The Kier molecular flexibility index (Phi) is 10.00. The van der Waals surface area contributed by atoms with Gasteiger partial charge in [0, 0.05) is 36.0 Å². The predicted octanol–water partition coefficient (Wildman–Crippen LogP) is -0.148. The number of allylic oxidation sites excluding steroid dienone is 2. The maximum atomic E-state index is 11.0. The van der Waals surface area contributed by atoms with Crippen molar-refractivity contribution in [2.24, 2.45) is 0 Å². The molecule has 0 fully saturated rings. The first-order valence-corrected chi connectivity index (χ1v) is 5.66. The van der Waals surface area contributed by atoms with Gasteiger partial charge in [0.15, 0.2) is 11.6 Å². The van der Waals surface area contributed by atoms with Gasteiger partial charge in [-0.1, -0.05) is 13.2 Å². The summed E-state index contributed by atoms with van der Waals surface area (Å²) in [6, 6.07) is 0. The molecule has 0 saturated carbocycles. The monoisotopic (exact) mass is 255 g/mol. The third-order valence-corrected chi connectivity index (χ3v) is 2.55. The third kappa shape index (κ3) is 8.99. The summed E-state index contributed by atoms with van der Waals surface area (Å²) in [5.41, 5.74) is 0. The summed E-state index contributed by atoms with van der Waals surface area (Å²) in [6.45, 7) is 6.06. The van der Waals surface area contributed by atoms with E-state index in [1.807, 2.05) is 0 Å². The van der Waals surface area contributed by atoms with Crippen molar-refractivity contribution in [2.45, 2.75) is 6.42 Å². The molecule has 0 heterocycles. The minimum absolute atomic E-state index is 0. The van der Waals surface area contributed by atoms with Crippen LogP contribution in [0.1, 0.15) is 6.42 Å². The number of rotatable bonds is 8. The van der Waals surface area contributed by atoms with E-state index in [1.54, 1.807) is 0 Å². The van der Waals surface area contributed by atoms with Gasteiger partial charge in [-0.3, -0.25) is 13.8 Å².